The van der Waals surface area contributed by atoms with E-state index in [1.165, 1.54) is 26.2 Å². The van der Waals surface area contributed by atoms with Gasteiger partial charge in [0.15, 0.2) is 5.60 Å². The Morgan fingerprint density at radius 2 is 2.00 bits per heavy atom. The quantitative estimate of drug-likeness (QED) is 0.841. The second-order valence-corrected chi connectivity index (χ2v) is 6.39. The molecule has 1 aromatic heterocycles. The number of rotatable bonds is 4. The van der Waals surface area contributed by atoms with Gasteiger partial charge in [0, 0.05) is 18.0 Å². The van der Waals surface area contributed by atoms with Crippen LogP contribution in [0, 0.1) is 0 Å². The second-order valence-electron chi connectivity index (χ2n) is 4.38. The van der Waals surface area contributed by atoms with Gasteiger partial charge in [-0.15, -0.1) is 0 Å². The summed E-state index contributed by atoms with van der Waals surface area (Å²) in [5.41, 5.74) is -1.01. The van der Waals surface area contributed by atoms with E-state index in [1.54, 1.807) is 12.1 Å². The van der Waals surface area contributed by atoms with Crippen molar-refractivity contribution in [3.05, 3.63) is 41.7 Å². The van der Waals surface area contributed by atoms with Crippen LogP contribution in [0.3, 0.4) is 0 Å². The van der Waals surface area contributed by atoms with Crippen LogP contribution in [0.25, 0.3) is 0 Å². The van der Waals surface area contributed by atoms with E-state index in [-0.39, 0.29) is 5.75 Å². The van der Waals surface area contributed by atoms with Crippen molar-refractivity contribution in [1.29, 1.82) is 0 Å². The van der Waals surface area contributed by atoms with Crippen molar-refractivity contribution in [3.63, 3.8) is 0 Å². The van der Waals surface area contributed by atoms with Gasteiger partial charge in [0.05, 0.1) is 5.75 Å². The number of carbonyl (C=O) groups is 1. The number of hydrogen-bond acceptors (Lipinski definition) is 6. The van der Waals surface area contributed by atoms with Gasteiger partial charge in [-0.05, 0) is 26.0 Å². The molecule has 0 fully saturated rings. The predicted molar refractivity (Wildman–Crippen MR) is 69.9 cm³/mol. The van der Waals surface area contributed by atoms with Gasteiger partial charge in [0.25, 0.3) is 5.78 Å². The number of aromatic nitrogens is 1. The smallest absolute Gasteiger partial charge is 0.250 e. The van der Waals surface area contributed by atoms with E-state index in [2.05, 4.69) is 9.71 Å². The van der Waals surface area contributed by atoms with Crippen LogP contribution >= 0.6 is 0 Å². The van der Waals surface area contributed by atoms with Crippen LogP contribution in [0.1, 0.15) is 19.4 Å². The van der Waals surface area contributed by atoms with Crippen LogP contribution in [-0.4, -0.2) is 30.0 Å². The molecule has 20 heavy (non-hydrogen) atoms. The normalized spacial score (nSPS) is 22.8. The average Bonchev–Trinajstić information content (AvgIpc) is 2.65. The van der Waals surface area contributed by atoms with Crippen molar-refractivity contribution in [2.75, 3.05) is 5.75 Å². The fraction of sp³-hybridized carbons (Fsp3) is 0.333. The van der Waals surface area contributed by atoms with Crippen molar-refractivity contribution in [2.24, 2.45) is 0 Å². The third-order valence-corrected chi connectivity index (χ3v) is 4.29. The number of aliphatic hydroxyl groups excluding tert-OH is 1. The molecule has 1 aliphatic heterocycles. The Bertz CT molecular complexity index is 668. The van der Waals surface area contributed by atoms with Gasteiger partial charge in [0.2, 0.25) is 21.7 Å². The van der Waals surface area contributed by atoms with Gasteiger partial charge in [-0.2, -0.15) is 0 Å². The fourth-order valence-electron chi connectivity index (χ4n) is 1.77. The lowest BCUT2D eigenvalue weighted by Gasteiger charge is -2.23. The third-order valence-electron chi connectivity index (χ3n) is 3.03. The monoisotopic (exact) mass is 298 g/mol. The molecule has 0 saturated carbocycles. The lowest BCUT2D eigenvalue weighted by molar-refractivity contribution is -0.131. The van der Waals surface area contributed by atoms with E-state index < -0.39 is 33.0 Å². The fourth-order valence-corrected chi connectivity index (χ4v) is 2.34. The number of aliphatic hydroxyl groups is 1. The molecule has 0 spiro atoms. The summed E-state index contributed by atoms with van der Waals surface area (Å²) >= 11 is 0. The van der Waals surface area contributed by atoms with Crippen LogP contribution in [0.4, 0.5) is 0 Å². The van der Waals surface area contributed by atoms with Crippen LogP contribution < -0.4 is 4.72 Å². The maximum absolute atomic E-state index is 12.1. The Morgan fingerprint density at radius 3 is 2.55 bits per heavy atom. The van der Waals surface area contributed by atoms with Crippen molar-refractivity contribution in [2.45, 2.75) is 19.4 Å². The Labute approximate surface area is 116 Å². The summed E-state index contributed by atoms with van der Waals surface area (Å²) in [4.78, 5) is 16.0. The van der Waals surface area contributed by atoms with Gasteiger partial charge in [0.1, 0.15) is 0 Å². The van der Waals surface area contributed by atoms with Crippen molar-refractivity contribution in [3.8, 4) is 0 Å². The van der Waals surface area contributed by atoms with E-state index in [4.69, 9.17) is 4.74 Å². The minimum absolute atomic E-state index is 0.201. The minimum Gasteiger partial charge on any atom is -0.501 e. The van der Waals surface area contributed by atoms with Gasteiger partial charge < -0.3 is 9.84 Å². The average molecular weight is 298 g/mol. The molecular weight excluding hydrogens is 284 g/mol. The Hall–Kier alpha value is -2.09. The van der Waals surface area contributed by atoms with Crippen LogP contribution in [0.2, 0.25) is 0 Å². The molecule has 2 heterocycles. The maximum Gasteiger partial charge on any atom is 0.250 e. The SMILES string of the molecule is CCS(=O)(=O)NC1=C(O)C(=O)C(C)(c2ccncc2)O1. The number of pyridine rings is 1. The molecule has 7 nitrogen and oxygen atoms in total. The molecule has 1 unspecified atom stereocenters. The first-order chi connectivity index (χ1) is 9.30. The van der Waals surface area contributed by atoms with Crippen LogP contribution in [0.5, 0.6) is 0 Å². The highest BCUT2D eigenvalue weighted by atomic mass is 32.2. The summed E-state index contributed by atoms with van der Waals surface area (Å²) in [7, 11) is -3.65. The third kappa shape index (κ3) is 2.34. The summed E-state index contributed by atoms with van der Waals surface area (Å²) in [6.07, 6.45) is 2.95. The molecule has 1 aliphatic rings. The predicted octanol–water partition coefficient (Wildman–Crippen LogP) is 0.562. The van der Waals surface area contributed by atoms with Crippen molar-refractivity contribution >= 4 is 15.8 Å². The van der Waals surface area contributed by atoms with E-state index in [1.807, 2.05) is 0 Å². The number of Topliss-reactive ketones (excluding diaryl/α,β-unsaturated/α-hetero) is 1. The summed E-state index contributed by atoms with van der Waals surface area (Å²) in [5.74, 6) is -2.09. The van der Waals surface area contributed by atoms with Gasteiger partial charge >= 0.3 is 0 Å². The van der Waals surface area contributed by atoms with Gasteiger partial charge in [-0.25, -0.2) is 8.42 Å². The zero-order valence-corrected chi connectivity index (χ0v) is 11.8. The number of nitrogens with one attached hydrogen (secondary N) is 1. The van der Waals surface area contributed by atoms with Gasteiger partial charge in [-0.3, -0.25) is 14.5 Å². The number of hydrogen-bond donors (Lipinski definition) is 2. The largest absolute Gasteiger partial charge is 0.501 e. The minimum atomic E-state index is -3.65. The first-order valence-corrected chi connectivity index (χ1v) is 7.53. The summed E-state index contributed by atoms with van der Waals surface area (Å²) in [6, 6.07) is 3.12. The highest BCUT2D eigenvalue weighted by molar-refractivity contribution is 7.89. The summed E-state index contributed by atoms with van der Waals surface area (Å²) < 4.78 is 30.4. The van der Waals surface area contributed by atoms with Crippen LogP contribution in [-0.2, 0) is 25.2 Å². The molecule has 0 radical (unpaired) electrons. The van der Waals surface area contributed by atoms with E-state index in [0.717, 1.165) is 0 Å². The number of nitrogens with zero attached hydrogens (tertiary/aromatic N) is 1. The molecule has 2 N–H and O–H groups in total. The Morgan fingerprint density at radius 1 is 1.40 bits per heavy atom. The molecule has 8 heteroatoms. The first kappa shape index (κ1) is 14.3. The van der Waals surface area contributed by atoms with Crippen LogP contribution in [0.15, 0.2) is 36.2 Å². The molecule has 0 bridgehead atoms. The number of carbonyl (C=O) groups excluding carboxylic acids is 1. The maximum atomic E-state index is 12.1. The van der Waals surface area contributed by atoms with E-state index >= 15 is 0 Å². The van der Waals surface area contributed by atoms with Crippen molar-refractivity contribution in [1.82, 2.24) is 9.71 Å². The molecule has 0 amide bonds. The Balaban J connectivity index is 2.35. The zero-order valence-electron chi connectivity index (χ0n) is 11.0. The lowest BCUT2D eigenvalue weighted by Crippen LogP contribution is -2.32. The Kier molecular flexibility index (Phi) is 3.43. The molecule has 0 aromatic carbocycles. The standard InChI is InChI=1S/C12H14N2O5S/c1-3-20(17,18)14-11-9(15)10(16)12(2,19-11)8-4-6-13-7-5-8/h4-7,14-15H,3H2,1-2H3. The zero-order chi connectivity index (χ0) is 15.0. The lowest BCUT2D eigenvalue weighted by atomic mass is 9.92. The topological polar surface area (TPSA) is 106 Å². The molecule has 2 rings (SSSR count). The number of sulfonamides is 1. The van der Waals surface area contributed by atoms with E-state index in [0.29, 0.717) is 5.56 Å². The van der Waals surface area contributed by atoms with E-state index in [9.17, 15) is 18.3 Å². The second kappa shape index (κ2) is 4.78. The number of ether oxygens (including phenoxy) is 1. The number of ketones is 1. The first-order valence-electron chi connectivity index (χ1n) is 5.88. The molecule has 1 aromatic rings. The molecule has 0 saturated heterocycles. The molecular formula is C12H14N2O5S. The summed E-state index contributed by atoms with van der Waals surface area (Å²) in [5, 5.41) is 9.78. The van der Waals surface area contributed by atoms with Crippen molar-refractivity contribution < 1.29 is 23.1 Å². The molecule has 1 atom stereocenters. The van der Waals surface area contributed by atoms with Gasteiger partial charge in [-0.1, -0.05) is 0 Å². The molecule has 0 aliphatic carbocycles. The highest BCUT2D eigenvalue weighted by Gasteiger charge is 2.48. The summed E-state index contributed by atoms with van der Waals surface area (Å²) in [6.45, 7) is 2.88. The molecule has 108 valence electrons. The highest BCUT2D eigenvalue weighted by Crippen LogP contribution is 2.36.